The molecule has 1 aromatic heterocycles. The minimum absolute atomic E-state index is 0.0603. The minimum Gasteiger partial charge on any atom is -0.446 e. The number of aryl methyl sites for hydroxylation is 1. The zero-order chi connectivity index (χ0) is 34.4. The van der Waals surface area contributed by atoms with Gasteiger partial charge in [-0.05, 0) is 118 Å². The Hall–Kier alpha value is -4.70. The van der Waals surface area contributed by atoms with Gasteiger partial charge in [-0.2, -0.15) is 0 Å². The molecular weight excluding hydrogens is 620 g/mol. The number of carbonyl (C=O) groups excluding carboxylic acids is 3. The number of H-pyrrole nitrogens is 1. The van der Waals surface area contributed by atoms with E-state index >= 15 is 0 Å². The Bertz CT molecular complexity index is 1670. The molecule has 2 atom stereocenters. The maximum atomic E-state index is 14.2. The number of aromatic nitrogens is 1. The first kappa shape index (κ1) is 34.2. The molecule has 0 spiro atoms. The first-order chi connectivity index (χ1) is 23.7. The molecule has 2 aromatic carbocycles. The number of rotatable bonds is 14. The summed E-state index contributed by atoms with van der Waals surface area (Å²) >= 11 is 0. The molecule has 4 aliphatic rings. The summed E-state index contributed by atoms with van der Waals surface area (Å²) in [4.78, 5) is 46.3. The van der Waals surface area contributed by atoms with Crippen molar-refractivity contribution in [2.75, 3.05) is 18.4 Å². The number of urea groups is 1. The van der Waals surface area contributed by atoms with E-state index < -0.39 is 17.7 Å². The van der Waals surface area contributed by atoms with Crippen LogP contribution < -0.4 is 21.3 Å². The summed E-state index contributed by atoms with van der Waals surface area (Å²) in [5.41, 5.74) is 11.3. The van der Waals surface area contributed by atoms with Crippen molar-refractivity contribution in [3.05, 3.63) is 76.3 Å². The van der Waals surface area contributed by atoms with Crippen LogP contribution in [0.5, 0.6) is 0 Å². The highest BCUT2D eigenvalue weighted by atomic mass is 16.6. The number of nitrogens with one attached hydrogen (secondary N) is 5. The van der Waals surface area contributed by atoms with E-state index in [-0.39, 0.29) is 31.0 Å². The number of aromatic amines is 1. The third kappa shape index (κ3) is 8.31. The molecule has 5 N–H and O–H groups in total. The molecular formula is C37H48N8O4. The lowest BCUT2D eigenvalue weighted by molar-refractivity contribution is -0.128. The van der Waals surface area contributed by atoms with E-state index in [0.717, 1.165) is 65.2 Å². The SMILES string of the molecule is Cc1ccccc1NC(=O)NCCCC[C@@H](CN=[N+]=[N-])NC(=O)[C@](C)(Cc1c[nH]c2ccccc12)NC(=O)OC1C2CC3CC(C2)CC1C3. The van der Waals surface area contributed by atoms with E-state index in [1.54, 1.807) is 6.92 Å². The Balaban J connectivity index is 1.09. The van der Waals surface area contributed by atoms with Crippen LogP contribution in [0.2, 0.25) is 0 Å². The van der Waals surface area contributed by atoms with E-state index in [9.17, 15) is 14.4 Å². The lowest BCUT2D eigenvalue weighted by atomic mass is 9.55. The zero-order valence-electron chi connectivity index (χ0n) is 28.4. The van der Waals surface area contributed by atoms with Crippen molar-refractivity contribution < 1.29 is 19.1 Å². The number of amides is 4. The van der Waals surface area contributed by atoms with Gasteiger partial charge < -0.3 is 31.0 Å². The molecule has 1 heterocycles. The van der Waals surface area contributed by atoms with Crippen LogP contribution in [0, 0.1) is 30.6 Å². The Morgan fingerprint density at radius 2 is 1.73 bits per heavy atom. The highest BCUT2D eigenvalue weighted by Gasteiger charge is 2.50. The molecule has 12 heteroatoms. The molecule has 4 bridgehead atoms. The third-order valence-corrected chi connectivity index (χ3v) is 10.8. The number of fused-ring (bicyclic) bond motifs is 1. The third-order valence-electron chi connectivity index (χ3n) is 10.8. The minimum atomic E-state index is -1.35. The molecule has 49 heavy (non-hydrogen) atoms. The molecule has 4 saturated carbocycles. The Morgan fingerprint density at radius 1 is 1.02 bits per heavy atom. The largest absolute Gasteiger partial charge is 0.446 e. The number of ether oxygens (including phenoxy) is 1. The molecule has 0 unspecified atom stereocenters. The highest BCUT2D eigenvalue weighted by Crippen LogP contribution is 2.54. The number of nitrogens with zero attached hydrogens (tertiary/aromatic N) is 3. The number of unbranched alkanes of at least 4 members (excludes halogenated alkanes) is 1. The van der Waals surface area contributed by atoms with Gasteiger partial charge >= 0.3 is 12.1 Å². The van der Waals surface area contributed by atoms with E-state index in [0.29, 0.717) is 37.6 Å². The molecule has 12 nitrogen and oxygen atoms in total. The van der Waals surface area contributed by atoms with Gasteiger partial charge in [-0.25, -0.2) is 9.59 Å². The summed E-state index contributed by atoms with van der Waals surface area (Å²) < 4.78 is 6.16. The second-order valence-corrected chi connectivity index (χ2v) is 14.6. The number of hydrogen-bond acceptors (Lipinski definition) is 5. The van der Waals surface area contributed by atoms with Crippen molar-refractivity contribution in [2.24, 2.45) is 28.8 Å². The average Bonchev–Trinajstić information content (AvgIpc) is 3.47. The van der Waals surface area contributed by atoms with E-state index in [1.165, 1.54) is 6.42 Å². The van der Waals surface area contributed by atoms with E-state index in [1.807, 2.05) is 61.7 Å². The average molecular weight is 669 g/mol. The summed E-state index contributed by atoms with van der Waals surface area (Å²) in [6.07, 6.45) is 9.04. The van der Waals surface area contributed by atoms with Crippen molar-refractivity contribution in [3.63, 3.8) is 0 Å². The lowest BCUT2D eigenvalue weighted by Gasteiger charge is -2.53. The van der Waals surface area contributed by atoms with Gasteiger partial charge in [0.2, 0.25) is 5.91 Å². The van der Waals surface area contributed by atoms with Crippen LogP contribution in [0.4, 0.5) is 15.3 Å². The molecule has 4 aliphatic carbocycles. The topological polar surface area (TPSA) is 173 Å². The number of azide groups is 1. The fourth-order valence-corrected chi connectivity index (χ4v) is 8.57. The smallest absolute Gasteiger partial charge is 0.408 e. The van der Waals surface area contributed by atoms with Crippen LogP contribution in [0.15, 0.2) is 59.8 Å². The second kappa shape index (κ2) is 15.2. The van der Waals surface area contributed by atoms with E-state index in [4.69, 9.17) is 10.3 Å². The molecule has 0 aliphatic heterocycles. The molecule has 260 valence electrons. The summed E-state index contributed by atoms with van der Waals surface area (Å²) in [7, 11) is 0. The molecule has 3 aromatic rings. The number of hydrogen-bond donors (Lipinski definition) is 5. The van der Waals surface area contributed by atoms with Gasteiger partial charge in [0, 0.05) is 53.3 Å². The van der Waals surface area contributed by atoms with Crippen molar-refractivity contribution in [3.8, 4) is 0 Å². The van der Waals surface area contributed by atoms with Crippen LogP contribution in [0.1, 0.15) is 69.4 Å². The van der Waals surface area contributed by atoms with Gasteiger partial charge in [0.15, 0.2) is 0 Å². The molecule has 0 radical (unpaired) electrons. The maximum Gasteiger partial charge on any atom is 0.408 e. The van der Waals surface area contributed by atoms with Gasteiger partial charge in [0.25, 0.3) is 0 Å². The van der Waals surface area contributed by atoms with Gasteiger partial charge in [-0.15, -0.1) is 0 Å². The fraction of sp³-hybridized carbons (Fsp3) is 0.541. The van der Waals surface area contributed by atoms with Crippen molar-refractivity contribution in [1.82, 2.24) is 20.9 Å². The fourth-order valence-electron chi connectivity index (χ4n) is 8.57. The normalized spacial score (nSPS) is 23.9. The van der Waals surface area contributed by atoms with Crippen LogP contribution in [0.3, 0.4) is 0 Å². The van der Waals surface area contributed by atoms with Crippen molar-refractivity contribution in [2.45, 2.75) is 89.3 Å². The van der Waals surface area contributed by atoms with Crippen molar-refractivity contribution in [1.29, 1.82) is 0 Å². The van der Waals surface area contributed by atoms with Crippen LogP contribution >= 0.6 is 0 Å². The zero-order valence-corrected chi connectivity index (χ0v) is 28.4. The predicted octanol–water partition coefficient (Wildman–Crippen LogP) is 7.12. The highest BCUT2D eigenvalue weighted by molar-refractivity contribution is 5.92. The number of carbonyl (C=O) groups is 3. The van der Waals surface area contributed by atoms with Gasteiger partial charge in [-0.3, -0.25) is 4.79 Å². The Kier molecular flexibility index (Phi) is 10.6. The Labute approximate surface area is 287 Å². The summed E-state index contributed by atoms with van der Waals surface area (Å²) in [5.74, 6) is 1.92. The molecule has 7 rings (SSSR count). The first-order valence-electron chi connectivity index (χ1n) is 17.7. The summed E-state index contributed by atoms with van der Waals surface area (Å²) in [6, 6.07) is 14.7. The second-order valence-electron chi connectivity index (χ2n) is 14.6. The first-order valence-corrected chi connectivity index (χ1v) is 17.7. The lowest BCUT2D eigenvalue weighted by Crippen LogP contribution is -2.61. The van der Waals surface area contributed by atoms with Crippen LogP contribution in [0.25, 0.3) is 21.3 Å². The van der Waals surface area contributed by atoms with E-state index in [2.05, 4.69) is 36.3 Å². The predicted molar refractivity (Wildman–Crippen MR) is 189 cm³/mol. The summed E-state index contributed by atoms with van der Waals surface area (Å²) in [5, 5.41) is 16.5. The standard InChI is InChI=1S/C37H48N8O4/c1-23-9-3-5-12-31(23)43-35(47)39-14-8-7-10-29(22-41-45-38)42-34(46)37(2,20-28-21-40-32-13-6-4-11-30(28)32)44-36(48)49-33-26-16-24-15-25(18-26)19-27(33)17-24/h3-6,9,11-13,21,24-27,29,33,40H,7-8,10,14-20,22H2,1-2H3,(H,42,46)(H,44,48)(H2,39,43,47)/t24?,25?,26?,27?,29-,33?,37-/m0/s1. The number of benzene rings is 2. The van der Waals surface area contributed by atoms with Gasteiger partial charge in [0.1, 0.15) is 11.6 Å². The van der Waals surface area contributed by atoms with Gasteiger partial charge in [-0.1, -0.05) is 41.5 Å². The maximum absolute atomic E-state index is 14.2. The Morgan fingerprint density at radius 3 is 2.47 bits per heavy atom. The number of para-hydroxylation sites is 2. The monoisotopic (exact) mass is 668 g/mol. The van der Waals surface area contributed by atoms with Crippen LogP contribution in [-0.4, -0.2) is 53.8 Å². The number of anilines is 1. The van der Waals surface area contributed by atoms with Crippen LogP contribution in [-0.2, 0) is 16.0 Å². The molecule has 4 fully saturated rings. The quantitative estimate of drug-likeness (QED) is 0.0533. The molecule has 0 saturated heterocycles. The van der Waals surface area contributed by atoms with Gasteiger partial charge in [0.05, 0.1) is 0 Å². The molecule has 4 amide bonds. The summed E-state index contributed by atoms with van der Waals surface area (Å²) in [6.45, 7) is 4.16. The van der Waals surface area contributed by atoms with Crippen molar-refractivity contribution >= 4 is 34.6 Å². The number of alkyl carbamates (subject to hydrolysis) is 1.